The summed E-state index contributed by atoms with van der Waals surface area (Å²) in [4.78, 5) is 10.8. The average Bonchev–Trinajstić information content (AvgIpc) is 2.75. The van der Waals surface area contributed by atoms with E-state index in [-0.39, 0.29) is 6.79 Å². The minimum atomic E-state index is 0.169. The van der Waals surface area contributed by atoms with Gasteiger partial charge in [0.15, 0.2) is 13.2 Å². The van der Waals surface area contributed by atoms with Gasteiger partial charge in [-0.25, -0.2) is 9.97 Å². The fourth-order valence-electron chi connectivity index (χ4n) is 3.11. The number of nitrogens with zero attached hydrogens (tertiary/aromatic N) is 3. The van der Waals surface area contributed by atoms with Crippen LogP contribution in [-0.2, 0) is 9.47 Å². The van der Waals surface area contributed by atoms with E-state index in [2.05, 4.69) is 36.1 Å². The van der Waals surface area contributed by atoms with E-state index in [1.54, 1.807) is 12.4 Å². The summed E-state index contributed by atoms with van der Waals surface area (Å²) in [5.41, 5.74) is 0.912. The Labute approximate surface area is 179 Å². The molecule has 0 aliphatic carbocycles. The maximum Gasteiger partial charge on any atom is 0.227 e. The second kappa shape index (κ2) is 11.7. The molecule has 9 heteroatoms. The Morgan fingerprint density at radius 2 is 1.90 bits per heavy atom. The zero-order valence-corrected chi connectivity index (χ0v) is 17.8. The number of benzene rings is 1. The van der Waals surface area contributed by atoms with Crippen LogP contribution in [0.5, 0.6) is 5.75 Å². The highest BCUT2D eigenvalue weighted by molar-refractivity contribution is 9.10. The Kier molecular flexibility index (Phi) is 8.66. The third-order valence-corrected chi connectivity index (χ3v) is 5.11. The molecule has 1 aromatic carbocycles. The minimum absolute atomic E-state index is 0.169. The topological polar surface area (TPSA) is 92.6 Å². The predicted molar refractivity (Wildman–Crippen MR) is 115 cm³/mol. The number of rotatable bonds is 11. The molecule has 0 saturated carbocycles. The van der Waals surface area contributed by atoms with E-state index in [1.807, 2.05) is 24.3 Å². The van der Waals surface area contributed by atoms with Crippen LogP contribution in [0.25, 0.3) is 0 Å². The number of piperidine rings is 1. The molecule has 0 unspecified atom stereocenters. The van der Waals surface area contributed by atoms with E-state index in [1.165, 1.54) is 0 Å². The van der Waals surface area contributed by atoms with Crippen LogP contribution in [0.15, 0.2) is 41.1 Å². The lowest BCUT2D eigenvalue weighted by Gasteiger charge is -2.31. The summed E-state index contributed by atoms with van der Waals surface area (Å²) in [7, 11) is 0. The molecule has 0 radical (unpaired) electrons. The normalized spacial score (nSPS) is 15.1. The van der Waals surface area contributed by atoms with Crippen molar-refractivity contribution in [2.75, 3.05) is 45.0 Å². The van der Waals surface area contributed by atoms with Gasteiger partial charge in [-0.15, -0.1) is 0 Å². The number of hydrogen-bond donors (Lipinski definition) is 2. The van der Waals surface area contributed by atoms with Crippen LogP contribution < -0.4 is 10.1 Å². The van der Waals surface area contributed by atoms with Crippen LogP contribution in [0.2, 0.25) is 0 Å². The Morgan fingerprint density at radius 1 is 1.17 bits per heavy atom. The first kappa shape index (κ1) is 21.5. The highest BCUT2D eigenvalue weighted by Gasteiger charge is 2.19. The number of hydrogen-bond acceptors (Lipinski definition) is 8. The van der Waals surface area contributed by atoms with Crippen molar-refractivity contribution in [2.24, 2.45) is 5.92 Å². The van der Waals surface area contributed by atoms with E-state index in [9.17, 15) is 0 Å². The van der Waals surface area contributed by atoms with Gasteiger partial charge in [-0.2, -0.15) is 0 Å². The second-order valence-electron chi connectivity index (χ2n) is 6.78. The number of halogens is 1. The quantitative estimate of drug-likeness (QED) is 0.227. The van der Waals surface area contributed by atoms with Crippen molar-refractivity contribution in [1.82, 2.24) is 14.9 Å². The van der Waals surface area contributed by atoms with E-state index in [0.29, 0.717) is 25.1 Å². The molecule has 1 aliphatic rings. The van der Waals surface area contributed by atoms with Gasteiger partial charge >= 0.3 is 0 Å². The number of nitrogens with one attached hydrogen (secondary N) is 2. The first-order valence-corrected chi connectivity index (χ1v) is 10.4. The molecule has 0 amide bonds. The number of anilines is 2. The molecule has 1 aliphatic heterocycles. The molecule has 3 rings (SSSR count). The number of aromatic nitrogens is 2. The Bertz CT molecular complexity index is 737. The molecule has 29 heavy (non-hydrogen) atoms. The Balaban J connectivity index is 1.31. The first-order valence-electron chi connectivity index (χ1n) is 9.61. The number of likely N-dealkylation sites (tertiary alicyclic amines) is 1. The first-order chi connectivity index (χ1) is 14.2. The summed E-state index contributed by atoms with van der Waals surface area (Å²) in [6, 6.07) is 7.80. The summed E-state index contributed by atoms with van der Waals surface area (Å²) < 4.78 is 16.9. The van der Waals surface area contributed by atoms with Crippen molar-refractivity contribution in [3.8, 4) is 5.75 Å². The summed E-state index contributed by atoms with van der Waals surface area (Å²) in [5, 5.41) is 9.94. The molecule has 8 nitrogen and oxygen atoms in total. The van der Waals surface area contributed by atoms with Gasteiger partial charge in [0.25, 0.3) is 0 Å². The summed E-state index contributed by atoms with van der Waals surface area (Å²) in [6.07, 6.45) is 6.54. The molecule has 1 saturated heterocycles. The summed E-state index contributed by atoms with van der Waals surface area (Å²) >= 11 is 3.32. The van der Waals surface area contributed by atoms with Crippen LogP contribution in [0.3, 0.4) is 0 Å². The predicted octanol–water partition coefficient (Wildman–Crippen LogP) is 3.67. The molecule has 0 atom stereocenters. The van der Waals surface area contributed by atoms with E-state index >= 15 is 0 Å². The molecule has 2 aromatic rings. The van der Waals surface area contributed by atoms with Gasteiger partial charge in [-0.05, 0) is 72.0 Å². The molecule has 156 valence electrons. The third kappa shape index (κ3) is 7.60. The minimum Gasteiger partial charge on any atom is -0.492 e. The molecule has 1 aromatic heterocycles. The molecular weight excluding hydrogens is 438 g/mol. The van der Waals surface area contributed by atoms with Crippen LogP contribution in [0.1, 0.15) is 12.8 Å². The average molecular weight is 464 g/mol. The van der Waals surface area contributed by atoms with Crippen molar-refractivity contribution in [1.29, 1.82) is 5.41 Å². The second-order valence-corrected chi connectivity index (χ2v) is 7.70. The smallest absolute Gasteiger partial charge is 0.227 e. The zero-order valence-electron chi connectivity index (χ0n) is 16.2. The van der Waals surface area contributed by atoms with Crippen LogP contribution in [0, 0.1) is 11.3 Å². The summed E-state index contributed by atoms with van der Waals surface area (Å²) in [5.74, 6) is 1.97. The largest absolute Gasteiger partial charge is 0.492 e. The van der Waals surface area contributed by atoms with Crippen molar-refractivity contribution >= 4 is 34.0 Å². The maximum atomic E-state index is 6.79. The van der Waals surface area contributed by atoms with Crippen molar-refractivity contribution < 1.29 is 14.2 Å². The van der Waals surface area contributed by atoms with Gasteiger partial charge < -0.3 is 19.5 Å². The number of ether oxygens (including phenoxy) is 3. The van der Waals surface area contributed by atoms with Gasteiger partial charge in [0, 0.05) is 24.6 Å². The van der Waals surface area contributed by atoms with Gasteiger partial charge in [-0.3, -0.25) is 10.3 Å². The lowest BCUT2D eigenvalue weighted by molar-refractivity contribution is -0.0167. The van der Waals surface area contributed by atoms with Crippen LogP contribution in [0.4, 0.5) is 11.6 Å². The standard InChI is InChI=1S/C20H26BrN5O3/c21-17-11-23-20(24-12-17)25-18-1-3-19(4-2-18)29-10-9-26-7-5-16(6-8-26)13-27-15-28-14-22/h1-4,11-12,14,16,22H,5-10,13,15H2,(H,23,24,25). The van der Waals surface area contributed by atoms with Crippen molar-refractivity contribution in [2.45, 2.75) is 12.8 Å². The molecule has 1 fully saturated rings. The van der Waals surface area contributed by atoms with Gasteiger partial charge in [0.2, 0.25) is 5.95 Å². The SMILES string of the molecule is N=COCOCC1CCN(CCOc2ccc(Nc3ncc(Br)cn3)cc2)CC1. The van der Waals surface area contributed by atoms with Gasteiger partial charge in [0.1, 0.15) is 12.4 Å². The van der Waals surface area contributed by atoms with Gasteiger partial charge in [-0.1, -0.05) is 0 Å². The zero-order chi connectivity index (χ0) is 20.3. The van der Waals surface area contributed by atoms with Crippen molar-refractivity contribution in [3.63, 3.8) is 0 Å². The highest BCUT2D eigenvalue weighted by atomic mass is 79.9. The fourth-order valence-corrected chi connectivity index (χ4v) is 3.31. The monoisotopic (exact) mass is 463 g/mol. The van der Waals surface area contributed by atoms with Crippen molar-refractivity contribution in [3.05, 3.63) is 41.1 Å². The van der Waals surface area contributed by atoms with E-state index in [4.69, 9.17) is 19.6 Å². The Morgan fingerprint density at radius 3 is 2.59 bits per heavy atom. The lowest BCUT2D eigenvalue weighted by atomic mass is 9.98. The summed E-state index contributed by atoms with van der Waals surface area (Å²) in [6.45, 7) is 4.55. The maximum absolute atomic E-state index is 6.79. The fraction of sp³-hybridized carbons (Fsp3) is 0.450. The molecule has 2 N–H and O–H groups in total. The van der Waals surface area contributed by atoms with E-state index < -0.39 is 0 Å². The molecular formula is C20H26BrN5O3. The molecule has 2 heterocycles. The highest BCUT2D eigenvalue weighted by Crippen LogP contribution is 2.20. The van der Waals surface area contributed by atoms with Crippen LogP contribution in [-0.4, -0.2) is 60.9 Å². The molecule has 0 spiro atoms. The van der Waals surface area contributed by atoms with E-state index in [0.717, 1.165) is 54.8 Å². The Hall–Kier alpha value is -2.23. The van der Waals surface area contributed by atoms with Gasteiger partial charge in [0.05, 0.1) is 11.1 Å². The lowest BCUT2D eigenvalue weighted by Crippen LogP contribution is -2.37. The molecule has 0 bridgehead atoms. The third-order valence-electron chi connectivity index (χ3n) is 4.70. The van der Waals surface area contributed by atoms with Crippen LogP contribution >= 0.6 is 15.9 Å².